The van der Waals surface area contributed by atoms with E-state index in [2.05, 4.69) is 11.8 Å². The van der Waals surface area contributed by atoms with E-state index in [-0.39, 0.29) is 31.0 Å². The molecule has 32 heavy (non-hydrogen) atoms. The summed E-state index contributed by atoms with van der Waals surface area (Å²) in [4.78, 5) is 24.5. The zero-order valence-corrected chi connectivity index (χ0v) is 18.7. The SMILES string of the molecule is CC(CCn1ccc(-c2ccc(C#C[C@@H]3CC3CO)cc2)cc1=O)(C(=O)NO)S(C)(=O)=O. The number of aryl methyl sites for hydroxylation is 1. The van der Waals surface area contributed by atoms with Gasteiger partial charge in [0.2, 0.25) is 0 Å². The minimum atomic E-state index is -3.84. The highest BCUT2D eigenvalue weighted by atomic mass is 32.2. The molecule has 1 amide bonds. The van der Waals surface area contributed by atoms with E-state index >= 15 is 0 Å². The molecule has 2 unspecified atom stereocenters. The van der Waals surface area contributed by atoms with Gasteiger partial charge in [-0.25, -0.2) is 13.9 Å². The number of carbonyl (C=O) groups is 1. The molecule has 3 atom stereocenters. The van der Waals surface area contributed by atoms with Gasteiger partial charge in [0, 0.05) is 43.2 Å². The molecule has 1 aliphatic carbocycles. The van der Waals surface area contributed by atoms with Crippen molar-refractivity contribution in [2.45, 2.75) is 31.1 Å². The summed E-state index contributed by atoms with van der Waals surface area (Å²) in [6, 6.07) is 10.7. The molecule has 9 heteroatoms. The standard InChI is InChI=1S/C23H26N2O6S/c1-23(22(28)24-29,32(2,30)31)10-12-25-11-9-19(14-21(25)27)17-6-3-16(4-7-17)5-8-18-13-20(18)15-26/h3-4,6-7,9,11,14,18,20,26,29H,10,12-13,15H2,1-2H3,(H,24,28)/t18-,20?,23?/m1/s1. The number of sulfone groups is 1. The van der Waals surface area contributed by atoms with E-state index in [1.54, 1.807) is 12.3 Å². The number of amides is 1. The van der Waals surface area contributed by atoms with Crippen LogP contribution in [-0.2, 0) is 21.2 Å². The number of carbonyl (C=O) groups excluding carboxylic acids is 1. The molecule has 170 valence electrons. The predicted octanol–water partition coefficient (Wildman–Crippen LogP) is 1.19. The summed E-state index contributed by atoms with van der Waals surface area (Å²) in [5.41, 5.74) is 3.45. The van der Waals surface area contributed by atoms with E-state index in [1.807, 2.05) is 24.3 Å². The lowest BCUT2D eigenvalue weighted by atomic mass is 10.0. The molecule has 1 aliphatic rings. The molecule has 3 rings (SSSR count). The van der Waals surface area contributed by atoms with Gasteiger partial charge in [-0.05, 0) is 55.0 Å². The quantitative estimate of drug-likeness (QED) is 0.325. The second-order valence-corrected chi connectivity index (χ2v) is 10.7. The first-order valence-electron chi connectivity index (χ1n) is 10.2. The van der Waals surface area contributed by atoms with Crippen LogP contribution in [0.3, 0.4) is 0 Å². The van der Waals surface area contributed by atoms with Crippen LogP contribution in [0.2, 0.25) is 0 Å². The summed E-state index contributed by atoms with van der Waals surface area (Å²) in [6.45, 7) is 1.37. The third-order valence-corrected chi connectivity index (χ3v) is 8.03. The minimum absolute atomic E-state index is 0.0133. The van der Waals surface area contributed by atoms with Crippen LogP contribution in [0.5, 0.6) is 0 Å². The van der Waals surface area contributed by atoms with Crippen molar-refractivity contribution >= 4 is 15.7 Å². The van der Waals surface area contributed by atoms with Gasteiger partial charge in [-0.15, -0.1) is 0 Å². The van der Waals surface area contributed by atoms with Crippen LogP contribution in [0.1, 0.15) is 25.3 Å². The lowest BCUT2D eigenvalue weighted by molar-refractivity contribution is -0.131. The van der Waals surface area contributed by atoms with Gasteiger partial charge in [0.1, 0.15) is 0 Å². The van der Waals surface area contributed by atoms with Crippen molar-refractivity contribution in [2.24, 2.45) is 11.8 Å². The first-order valence-corrected chi connectivity index (χ1v) is 12.1. The maximum absolute atomic E-state index is 12.6. The second kappa shape index (κ2) is 9.28. The lowest BCUT2D eigenvalue weighted by Gasteiger charge is -2.25. The van der Waals surface area contributed by atoms with Crippen molar-refractivity contribution in [3.05, 3.63) is 58.5 Å². The Hall–Kier alpha value is -2.93. The van der Waals surface area contributed by atoms with Gasteiger partial charge in [0.25, 0.3) is 11.5 Å². The van der Waals surface area contributed by atoms with Crippen molar-refractivity contribution in [2.75, 3.05) is 12.9 Å². The number of aliphatic hydroxyl groups excluding tert-OH is 1. The number of nitrogens with zero attached hydrogens (tertiary/aromatic N) is 1. The molecule has 1 heterocycles. The third-order valence-electron chi connectivity index (χ3n) is 6.00. The summed E-state index contributed by atoms with van der Waals surface area (Å²) in [5, 5.41) is 18.0. The Morgan fingerprint density at radius 1 is 1.25 bits per heavy atom. The first kappa shape index (κ1) is 23.7. The molecule has 1 saturated carbocycles. The number of aromatic nitrogens is 1. The Labute approximate surface area is 186 Å². The Kier molecular flexibility index (Phi) is 6.88. The highest BCUT2D eigenvalue weighted by Crippen LogP contribution is 2.37. The Morgan fingerprint density at radius 3 is 2.47 bits per heavy atom. The lowest BCUT2D eigenvalue weighted by Crippen LogP contribution is -2.49. The fourth-order valence-corrected chi connectivity index (χ4v) is 4.18. The largest absolute Gasteiger partial charge is 0.396 e. The number of hydrogen-bond acceptors (Lipinski definition) is 6. The highest BCUT2D eigenvalue weighted by molar-refractivity contribution is 7.92. The third kappa shape index (κ3) is 5.10. The molecular formula is C23H26N2O6S. The zero-order chi connectivity index (χ0) is 23.5. The summed E-state index contributed by atoms with van der Waals surface area (Å²) >= 11 is 0. The van der Waals surface area contributed by atoms with Crippen molar-refractivity contribution in [1.29, 1.82) is 0 Å². The number of hydrogen-bond donors (Lipinski definition) is 3. The van der Waals surface area contributed by atoms with Gasteiger partial charge >= 0.3 is 0 Å². The van der Waals surface area contributed by atoms with Gasteiger partial charge in [0.05, 0.1) is 0 Å². The van der Waals surface area contributed by atoms with E-state index in [0.29, 0.717) is 11.5 Å². The number of aliphatic hydroxyl groups is 1. The van der Waals surface area contributed by atoms with Crippen molar-refractivity contribution < 1.29 is 23.5 Å². The number of benzene rings is 1. The molecule has 2 aromatic rings. The van der Waals surface area contributed by atoms with E-state index in [4.69, 9.17) is 10.3 Å². The van der Waals surface area contributed by atoms with Crippen LogP contribution in [-0.4, -0.2) is 46.8 Å². The number of nitrogens with one attached hydrogen (secondary N) is 1. The molecule has 0 saturated heterocycles. The summed E-state index contributed by atoms with van der Waals surface area (Å²) < 4.78 is 23.6. The summed E-state index contributed by atoms with van der Waals surface area (Å²) in [7, 11) is -3.84. The average Bonchev–Trinajstić information content (AvgIpc) is 3.54. The van der Waals surface area contributed by atoms with Crippen molar-refractivity contribution in [3.8, 4) is 23.0 Å². The van der Waals surface area contributed by atoms with Crippen LogP contribution >= 0.6 is 0 Å². The van der Waals surface area contributed by atoms with Crippen LogP contribution in [0.15, 0.2) is 47.4 Å². The molecule has 0 radical (unpaired) electrons. The fraction of sp³-hybridized carbons (Fsp3) is 0.391. The van der Waals surface area contributed by atoms with E-state index in [9.17, 15) is 18.0 Å². The van der Waals surface area contributed by atoms with Crippen LogP contribution < -0.4 is 11.0 Å². The van der Waals surface area contributed by atoms with Gasteiger partial charge < -0.3 is 9.67 Å². The molecule has 3 N–H and O–H groups in total. The van der Waals surface area contributed by atoms with Crippen LogP contribution in [0, 0.1) is 23.7 Å². The Balaban J connectivity index is 1.72. The highest BCUT2D eigenvalue weighted by Gasteiger charge is 2.43. The van der Waals surface area contributed by atoms with Gasteiger partial charge in [-0.2, -0.15) is 0 Å². The number of pyridine rings is 1. The molecule has 0 spiro atoms. The molecule has 8 nitrogen and oxygen atoms in total. The van der Waals surface area contributed by atoms with Crippen molar-refractivity contribution in [1.82, 2.24) is 10.0 Å². The average molecular weight is 459 g/mol. The Bertz CT molecular complexity index is 1220. The predicted molar refractivity (Wildman–Crippen MR) is 119 cm³/mol. The van der Waals surface area contributed by atoms with Gasteiger partial charge in [0.15, 0.2) is 14.6 Å². The Morgan fingerprint density at radius 2 is 1.94 bits per heavy atom. The number of hydroxylamine groups is 1. The van der Waals surface area contributed by atoms with Gasteiger partial charge in [-0.1, -0.05) is 24.0 Å². The van der Waals surface area contributed by atoms with Gasteiger partial charge in [-0.3, -0.25) is 14.8 Å². The molecule has 1 fully saturated rings. The summed E-state index contributed by atoms with van der Waals surface area (Å²) in [5.74, 6) is 5.77. The fourth-order valence-electron chi connectivity index (χ4n) is 3.34. The minimum Gasteiger partial charge on any atom is -0.396 e. The topological polar surface area (TPSA) is 126 Å². The number of rotatable bonds is 7. The molecule has 0 bridgehead atoms. The molecular weight excluding hydrogens is 432 g/mol. The van der Waals surface area contributed by atoms with E-state index < -0.39 is 20.5 Å². The van der Waals surface area contributed by atoms with E-state index in [1.165, 1.54) is 23.0 Å². The first-order chi connectivity index (χ1) is 15.1. The zero-order valence-electron chi connectivity index (χ0n) is 17.9. The van der Waals surface area contributed by atoms with Crippen molar-refractivity contribution in [3.63, 3.8) is 0 Å². The second-order valence-electron chi connectivity index (χ2n) is 8.27. The maximum Gasteiger partial charge on any atom is 0.264 e. The monoisotopic (exact) mass is 458 g/mol. The molecule has 1 aromatic heterocycles. The summed E-state index contributed by atoms with van der Waals surface area (Å²) in [6.07, 6.45) is 3.22. The van der Waals surface area contributed by atoms with E-state index in [0.717, 1.165) is 23.8 Å². The maximum atomic E-state index is 12.6. The molecule has 1 aromatic carbocycles. The van der Waals surface area contributed by atoms with Crippen LogP contribution in [0.4, 0.5) is 0 Å². The molecule has 0 aliphatic heterocycles. The van der Waals surface area contributed by atoms with Crippen LogP contribution in [0.25, 0.3) is 11.1 Å². The smallest absolute Gasteiger partial charge is 0.264 e. The normalized spacial score (nSPS) is 19.4.